The van der Waals surface area contributed by atoms with Crippen molar-refractivity contribution < 1.29 is 4.79 Å². The Morgan fingerprint density at radius 1 is 1.06 bits per heavy atom. The molecule has 6 nitrogen and oxygen atoms in total. The third kappa shape index (κ3) is 5.03. The van der Waals surface area contributed by atoms with Crippen LogP contribution in [0.5, 0.6) is 0 Å². The van der Waals surface area contributed by atoms with Crippen molar-refractivity contribution in [1.82, 2.24) is 20.2 Å². The highest BCUT2D eigenvalue weighted by Crippen LogP contribution is 2.24. The summed E-state index contributed by atoms with van der Waals surface area (Å²) in [5.41, 5.74) is 5.30. The van der Waals surface area contributed by atoms with Crippen LogP contribution in [0.1, 0.15) is 12.5 Å². The molecule has 0 unspecified atom stereocenters. The largest absolute Gasteiger partial charge is 0.305 e. The summed E-state index contributed by atoms with van der Waals surface area (Å²) in [7, 11) is 1.89. The molecule has 0 atom stereocenters. The van der Waals surface area contributed by atoms with Crippen LogP contribution in [0.2, 0.25) is 0 Å². The molecule has 31 heavy (non-hydrogen) atoms. The standard InChI is InChI=1S/C23H20BrN5OS/c1-15(17-11-10-16-6-3-4-7-18(16)12-17)25-26-21(30)14-31-23-28-27-22(29(23)2)19-8-5-9-20(24)13-19/h3-13H,14H2,1-2H3,(H,26,30)/b25-15-. The number of thioether (sulfide) groups is 1. The van der Waals surface area contributed by atoms with Crippen molar-refractivity contribution in [3.63, 3.8) is 0 Å². The molecule has 4 rings (SSSR count). The molecule has 3 aromatic carbocycles. The van der Waals surface area contributed by atoms with Gasteiger partial charge in [-0.15, -0.1) is 10.2 Å². The molecule has 0 saturated carbocycles. The molecule has 1 amide bonds. The third-order valence-electron chi connectivity index (χ3n) is 4.77. The Hall–Kier alpha value is -2.97. The van der Waals surface area contributed by atoms with Gasteiger partial charge in [-0.05, 0) is 41.5 Å². The van der Waals surface area contributed by atoms with Crippen molar-refractivity contribution in [2.45, 2.75) is 12.1 Å². The highest BCUT2D eigenvalue weighted by molar-refractivity contribution is 9.10. The molecule has 1 N–H and O–H groups in total. The number of rotatable bonds is 6. The number of hydrogen-bond donors (Lipinski definition) is 1. The fraction of sp³-hybridized carbons (Fsp3) is 0.130. The number of fused-ring (bicyclic) bond motifs is 1. The molecule has 0 bridgehead atoms. The average Bonchev–Trinajstić information content (AvgIpc) is 3.16. The van der Waals surface area contributed by atoms with E-state index in [0.717, 1.165) is 32.5 Å². The van der Waals surface area contributed by atoms with Gasteiger partial charge in [-0.3, -0.25) is 4.79 Å². The molecule has 0 fully saturated rings. The zero-order valence-electron chi connectivity index (χ0n) is 17.0. The van der Waals surface area contributed by atoms with Gasteiger partial charge in [-0.25, -0.2) is 5.43 Å². The van der Waals surface area contributed by atoms with Crippen LogP contribution >= 0.6 is 27.7 Å². The van der Waals surface area contributed by atoms with Gasteiger partial charge in [-0.2, -0.15) is 5.10 Å². The van der Waals surface area contributed by atoms with E-state index in [1.807, 2.05) is 61.0 Å². The van der Waals surface area contributed by atoms with E-state index in [4.69, 9.17) is 0 Å². The van der Waals surface area contributed by atoms with Crippen LogP contribution in [-0.4, -0.2) is 32.1 Å². The first-order valence-electron chi connectivity index (χ1n) is 9.62. The molecule has 1 aromatic heterocycles. The first-order chi connectivity index (χ1) is 15.0. The molecule has 0 spiro atoms. The Kier molecular flexibility index (Phi) is 6.48. The Morgan fingerprint density at radius 2 is 1.87 bits per heavy atom. The van der Waals surface area contributed by atoms with Gasteiger partial charge >= 0.3 is 0 Å². The van der Waals surface area contributed by atoms with Gasteiger partial charge in [0.15, 0.2) is 11.0 Å². The normalized spacial score (nSPS) is 11.6. The number of carbonyl (C=O) groups excluding carboxylic acids is 1. The summed E-state index contributed by atoms with van der Waals surface area (Å²) in [6, 6.07) is 22.1. The summed E-state index contributed by atoms with van der Waals surface area (Å²) in [6.45, 7) is 1.88. The molecule has 0 radical (unpaired) electrons. The van der Waals surface area contributed by atoms with Crippen LogP contribution in [-0.2, 0) is 11.8 Å². The molecule has 0 saturated heterocycles. The minimum Gasteiger partial charge on any atom is -0.305 e. The van der Waals surface area contributed by atoms with Gasteiger partial charge in [-0.1, -0.05) is 76.2 Å². The fourth-order valence-corrected chi connectivity index (χ4v) is 4.21. The summed E-state index contributed by atoms with van der Waals surface area (Å²) in [6.07, 6.45) is 0. The van der Waals surface area contributed by atoms with E-state index < -0.39 is 0 Å². The van der Waals surface area contributed by atoms with Gasteiger partial charge in [0, 0.05) is 17.1 Å². The topological polar surface area (TPSA) is 72.2 Å². The molecular formula is C23H20BrN5OS. The molecule has 8 heteroatoms. The summed E-state index contributed by atoms with van der Waals surface area (Å²) in [4.78, 5) is 12.3. The van der Waals surface area contributed by atoms with Crippen LogP contribution in [0.3, 0.4) is 0 Å². The van der Waals surface area contributed by atoms with Gasteiger partial charge < -0.3 is 4.57 Å². The second-order valence-corrected chi connectivity index (χ2v) is 8.82. The Labute approximate surface area is 192 Å². The highest BCUT2D eigenvalue weighted by Gasteiger charge is 2.13. The van der Waals surface area contributed by atoms with Crippen molar-refractivity contribution in [2.24, 2.45) is 12.1 Å². The molecule has 0 aliphatic carbocycles. The maximum absolute atomic E-state index is 12.3. The second kappa shape index (κ2) is 9.45. The van der Waals surface area contributed by atoms with Crippen molar-refractivity contribution >= 4 is 50.1 Å². The number of hydrazone groups is 1. The highest BCUT2D eigenvalue weighted by atomic mass is 79.9. The number of amides is 1. The Bertz CT molecular complexity index is 1280. The zero-order chi connectivity index (χ0) is 21.8. The summed E-state index contributed by atoms with van der Waals surface area (Å²) >= 11 is 4.79. The van der Waals surface area contributed by atoms with E-state index in [1.54, 1.807) is 0 Å². The van der Waals surface area contributed by atoms with Gasteiger partial charge in [0.2, 0.25) is 0 Å². The molecule has 1 heterocycles. The van der Waals surface area contributed by atoms with E-state index >= 15 is 0 Å². The lowest BCUT2D eigenvalue weighted by molar-refractivity contribution is -0.118. The van der Waals surface area contributed by atoms with Crippen molar-refractivity contribution in [2.75, 3.05) is 5.75 Å². The maximum Gasteiger partial charge on any atom is 0.250 e. The zero-order valence-corrected chi connectivity index (χ0v) is 19.4. The maximum atomic E-state index is 12.3. The first kappa shape index (κ1) is 21.3. The van der Waals surface area contributed by atoms with Crippen LogP contribution in [0.25, 0.3) is 22.2 Å². The van der Waals surface area contributed by atoms with Crippen molar-refractivity contribution in [3.8, 4) is 11.4 Å². The Balaban J connectivity index is 1.38. The lowest BCUT2D eigenvalue weighted by Gasteiger charge is -2.05. The number of nitrogens with zero attached hydrogens (tertiary/aromatic N) is 4. The van der Waals surface area contributed by atoms with E-state index in [1.165, 1.54) is 17.1 Å². The predicted octanol–water partition coefficient (Wildman–Crippen LogP) is 5.03. The van der Waals surface area contributed by atoms with Crippen LogP contribution in [0.15, 0.2) is 81.5 Å². The van der Waals surface area contributed by atoms with Gasteiger partial charge in [0.25, 0.3) is 5.91 Å². The lowest BCUT2D eigenvalue weighted by atomic mass is 10.0. The van der Waals surface area contributed by atoms with Crippen molar-refractivity contribution in [3.05, 3.63) is 76.8 Å². The lowest BCUT2D eigenvalue weighted by Crippen LogP contribution is -2.21. The molecular weight excluding hydrogens is 474 g/mol. The predicted molar refractivity (Wildman–Crippen MR) is 129 cm³/mol. The van der Waals surface area contributed by atoms with E-state index in [2.05, 4.69) is 60.9 Å². The van der Waals surface area contributed by atoms with Gasteiger partial charge in [0.1, 0.15) is 0 Å². The third-order valence-corrected chi connectivity index (χ3v) is 6.28. The van der Waals surface area contributed by atoms with E-state index in [0.29, 0.717) is 5.16 Å². The first-order valence-corrected chi connectivity index (χ1v) is 11.4. The fourth-order valence-electron chi connectivity index (χ4n) is 3.11. The average molecular weight is 494 g/mol. The van der Waals surface area contributed by atoms with E-state index in [-0.39, 0.29) is 11.7 Å². The number of halogens is 1. The molecule has 0 aliphatic rings. The summed E-state index contributed by atoms with van der Waals surface area (Å²) < 4.78 is 2.85. The monoisotopic (exact) mass is 493 g/mol. The minimum absolute atomic E-state index is 0.193. The summed E-state index contributed by atoms with van der Waals surface area (Å²) in [5, 5.41) is 15.7. The molecule has 4 aromatic rings. The number of aromatic nitrogens is 3. The second-order valence-electron chi connectivity index (χ2n) is 6.96. The quantitative estimate of drug-likeness (QED) is 0.232. The number of hydrogen-bond acceptors (Lipinski definition) is 5. The van der Waals surface area contributed by atoms with Crippen molar-refractivity contribution in [1.29, 1.82) is 0 Å². The smallest absolute Gasteiger partial charge is 0.250 e. The van der Waals surface area contributed by atoms with E-state index in [9.17, 15) is 4.79 Å². The number of benzene rings is 3. The van der Waals surface area contributed by atoms with Crippen LogP contribution in [0.4, 0.5) is 0 Å². The molecule has 0 aliphatic heterocycles. The van der Waals surface area contributed by atoms with Crippen LogP contribution in [0, 0.1) is 0 Å². The SMILES string of the molecule is C/C(=N/NC(=O)CSc1nnc(-c2cccc(Br)c2)n1C)c1ccc2ccccc2c1. The Morgan fingerprint density at radius 3 is 2.68 bits per heavy atom. The van der Waals surface area contributed by atoms with Gasteiger partial charge in [0.05, 0.1) is 11.5 Å². The molecule has 156 valence electrons. The number of carbonyl (C=O) groups is 1. The summed E-state index contributed by atoms with van der Waals surface area (Å²) in [5.74, 6) is 0.741. The minimum atomic E-state index is -0.197. The van der Waals surface area contributed by atoms with Crippen LogP contribution < -0.4 is 5.43 Å². The number of nitrogens with one attached hydrogen (secondary N) is 1.